The number of aromatic nitrogens is 2. The predicted molar refractivity (Wildman–Crippen MR) is 96.4 cm³/mol. The van der Waals surface area contributed by atoms with Gasteiger partial charge in [-0.3, -0.25) is 9.59 Å². The Morgan fingerprint density at radius 3 is 2.35 bits per heavy atom. The lowest BCUT2D eigenvalue weighted by molar-refractivity contribution is -0.142. The lowest BCUT2D eigenvalue weighted by atomic mass is 9.86. The Hall–Kier alpha value is -2.63. The summed E-state index contributed by atoms with van der Waals surface area (Å²) in [4.78, 5) is 24.0. The molecule has 0 spiro atoms. The van der Waals surface area contributed by atoms with Crippen LogP contribution in [0.1, 0.15) is 60.6 Å². The number of carbonyl (C=O) groups is 2. The molecule has 26 heavy (non-hydrogen) atoms. The van der Waals surface area contributed by atoms with Crippen molar-refractivity contribution in [1.29, 1.82) is 0 Å². The average Bonchev–Trinajstić information content (AvgIpc) is 3.41. The monoisotopic (exact) mass is 353 g/mol. The van der Waals surface area contributed by atoms with Crippen LogP contribution in [0.25, 0.3) is 5.69 Å². The number of carboxylic acid groups (broad SMARTS) is 1. The third-order valence-electron chi connectivity index (χ3n) is 5.37. The number of amides is 1. The van der Waals surface area contributed by atoms with Gasteiger partial charge >= 0.3 is 5.97 Å². The standard InChI is InChI=1S/C20H23N3O3/c24-19(21-15-10-8-14(9-11-15)20(25)26)18-12-17(13-6-7-13)22-23(18)16-4-2-1-3-5-16/h1-5,12-15H,6-11H2,(H,21,24)(H,25,26). The molecule has 6 nitrogen and oxygen atoms in total. The summed E-state index contributed by atoms with van der Waals surface area (Å²) < 4.78 is 1.73. The van der Waals surface area contributed by atoms with Crippen molar-refractivity contribution in [2.45, 2.75) is 50.5 Å². The topological polar surface area (TPSA) is 84.2 Å². The van der Waals surface area contributed by atoms with Crippen molar-refractivity contribution in [3.8, 4) is 5.69 Å². The van der Waals surface area contributed by atoms with Gasteiger partial charge in [0, 0.05) is 12.0 Å². The second-order valence-electron chi connectivity index (χ2n) is 7.34. The summed E-state index contributed by atoms with van der Waals surface area (Å²) >= 11 is 0. The Kier molecular flexibility index (Phi) is 4.49. The first kappa shape index (κ1) is 16.8. The molecule has 6 heteroatoms. The molecule has 0 atom stereocenters. The van der Waals surface area contributed by atoms with Crippen LogP contribution in [-0.4, -0.2) is 32.8 Å². The molecular formula is C20H23N3O3. The zero-order chi connectivity index (χ0) is 18.1. The van der Waals surface area contributed by atoms with Gasteiger partial charge in [0.25, 0.3) is 5.91 Å². The summed E-state index contributed by atoms with van der Waals surface area (Å²) in [7, 11) is 0. The van der Waals surface area contributed by atoms with Gasteiger partial charge in [0.15, 0.2) is 0 Å². The summed E-state index contributed by atoms with van der Waals surface area (Å²) in [6.07, 6.45) is 4.91. The Morgan fingerprint density at radius 2 is 1.73 bits per heavy atom. The molecule has 2 aliphatic rings. The normalized spacial score (nSPS) is 22.8. The molecule has 2 saturated carbocycles. The summed E-state index contributed by atoms with van der Waals surface area (Å²) in [5, 5.41) is 16.9. The van der Waals surface area contributed by atoms with E-state index in [9.17, 15) is 9.59 Å². The van der Waals surface area contributed by atoms with Gasteiger partial charge in [0.2, 0.25) is 0 Å². The minimum atomic E-state index is -0.731. The lowest BCUT2D eigenvalue weighted by Crippen LogP contribution is -2.39. The van der Waals surface area contributed by atoms with E-state index in [0.717, 1.165) is 24.2 Å². The molecule has 1 aromatic heterocycles. The maximum atomic E-state index is 12.9. The molecule has 136 valence electrons. The number of benzene rings is 1. The second-order valence-corrected chi connectivity index (χ2v) is 7.34. The van der Waals surface area contributed by atoms with Gasteiger partial charge in [0.1, 0.15) is 5.69 Å². The van der Waals surface area contributed by atoms with Gasteiger partial charge in [-0.05, 0) is 56.7 Å². The molecule has 1 aromatic carbocycles. The number of carboxylic acids is 1. The van der Waals surface area contributed by atoms with E-state index < -0.39 is 5.97 Å². The molecule has 4 rings (SSSR count). The number of rotatable bonds is 5. The van der Waals surface area contributed by atoms with Crippen LogP contribution >= 0.6 is 0 Å². The molecular weight excluding hydrogens is 330 g/mol. The number of nitrogens with one attached hydrogen (secondary N) is 1. The molecule has 2 aliphatic carbocycles. The highest BCUT2D eigenvalue weighted by atomic mass is 16.4. The minimum Gasteiger partial charge on any atom is -0.481 e. The fourth-order valence-corrected chi connectivity index (χ4v) is 3.65. The average molecular weight is 353 g/mol. The van der Waals surface area contributed by atoms with E-state index in [-0.39, 0.29) is 17.9 Å². The number of nitrogens with zero attached hydrogens (tertiary/aromatic N) is 2. The highest BCUT2D eigenvalue weighted by Gasteiger charge is 2.31. The molecule has 2 aromatic rings. The van der Waals surface area contributed by atoms with E-state index >= 15 is 0 Å². The zero-order valence-corrected chi connectivity index (χ0v) is 14.6. The maximum Gasteiger partial charge on any atom is 0.306 e. The summed E-state index contributed by atoms with van der Waals surface area (Å²) in [5.74, 6) is -0.671. The first-order valence-electron chi connectivity index (χ1n) is 9.31. The van der Waals surface area contributed by atoms with Gasteiger partial charge in [-0.2, -0.15) is 5.10 Å². The first-order chi connectivity index (χ1) is 12.6. The van der Waals surface area contributed by atoms with E-state index in [1.165, 1.54) is 0 Å². The third-order valence-corrected chi connectivity index (χ3v) is 5.37. The predicted octanol–water partition coefficient (Wildman–Crippen LogP) is 3.12. The maximum absolute atomic E-state index is 12.9. The smallest absolute Gasteiger partial charge is 0.306 e. The molecule has 0 aliphatic heterocycles. The van der Waals surface area contributed by atoms with E-state index in [4.69, 9.17) is 5.11 Å². The van der Waals surface area contributed by atoms with Crippen molar-refractivity contribution >= 4 is 11.9 Å². The Labute approximate surface area is 152 Å². The number of para-hydroxylation sites is 1. The van der Waals surface area contributed by atoms with E-state index in [1.807, 2.05) is 36.4 Å². The molecule has 2 N–H and O–H groups in total. The molecule has 2 fully saturated rings. The van der Waals surface area contributed by atoms with Gasteiger partial charge < -0.3 is 10.4 Å². The van der Waals surface area contributed by atoms with Crippen LogP contribution in [0.4, 0.5) is 0 Å². The van der Waals surface area contributed by atoms with E-state index in [2.05, 4.69) is 10.4 Å². The van der Waals surface area contributed by atoms with Gasteiger partial charge in [-0.25, -0.2) is 4.68 Å². The summed E-state index contributed by atoms with van der Waals surface area (Å²) in [6, 6.07) is 11.6. The van der Waals surface area contributed by atoms with Gasteiger partial charge in [-0.1, -0.05) is 18.2 Å². The fourth-order valence-electron chi connectivity index (χ4n) is 3.65. The van der Waals surface area contributed by atoms with Crippen LogP contribution in [0, 0.1) is 5.92 Å². The van der Waals surface area contributed by atoms with Gasteiger partial charge in [0.05, 0.1) is 17.3 Å². The van der Waals surface area contributed by atoms with Crippen LogP contribution in [0.15, 0.2) is 36.4 Å². The summed E-state index contributed by atoms with van der Waals surface area (Å²) in [6.45, 7) is 0. The van der Waals surface area contributed by atoms with Crippen molar-refractivity contribution < 1.29 is 14.7 Å². The molecule has 1 heterocycles. The number of hydrogen-bond donors (Lipinski definition) is 2. The number of carbonyl (C=O) groups excluding carboxylic acids is 1. The third kappa shape index (κ3) is 3.49. The van der Waals surface area contributed by atoms with Crippen molar-refractivity contribution in [3.63, 3.8) is 0 Å². The van der Waals surface area contributed by atoms with Crippen molar-refractivity contribution in [2.75, 3.05) is 0 Å². The van der Waals surface area contributed by atoms with Crippen molar-refractivity contribution in [2.24, 2.45) is 5.92 Å². The molecule has 1 amide bonds. The molecule has 0 bridgehead atoms. The molecule has 0 unspecified atom stereocenters. The summed E-state index contributed by atoms with van der Waals surface area (Å²) in [5.41, 5.74) is 2.41. The van der Waals surface area contributed by atoms with Crippen molar-refractivity contribution in [1.82, 2.24) is 15.1 Å². The van der Waals surface area contributed by atoms with Crippen LogP contribution in [-0.2, 0) is 4.79 Å². The number of hydrogen-bond acceptors (Lipinski definition) is 3. The van der Waals surface area contributed by atoms with Crippen molar-refractivity contribution in [3.05, 3.63) is 47.8 Å². The van der Waals surface area contributed by atoms with Crippen LogP contribution in [0.2, 0.25) is 0 Å². The van der Waals surface area contributed by atoms with Crippen LogP contribution in [0.3, 0.4) is 0 Å². The van der Waals surface area contributed by atoms with E-state index in [0.29, 0.717) is 37.3 Å². The van der Waals surface area contributed by atoms with Crippen LogP contribution < -0.4 is 5.32 Å². The Bertz CT molecular complexity index is 803. The fraction of sp³-hybridized carbons (Fsp3) is 0.450. The SMILES string of the molecule is O=C(NC1CCC(C(=O)O)CC1)c1cc(C2CC2)nn1-c1ccccc1. The highest BCUT2D eigenvalue weighted by molar-refractivity contribution is 5.93. The number of aliphatic carboxylic acids is 1. The first-order valence-corrected chi connectivity index (χ1v) is 9.31. The Morgan fingerprint density at radius 1 is 1.04 bits per heavy atom. The lowest BCUT2D eigenvalue weighted by Gasteiger charge is -2.26. The largest absolute Gasteiger partial charge is 0.481 e. The van der Waals surface area contributed by atoms with Gasteiger partial charge in [-0.15, -0.1) is 0 Å². The minimum absolute atomic E-state index is 0.0293. The van der Waals surface area contributed by atoms with E-state index in [1.54, 1.807) is 4.68 Å². The highest BCUT2D eigenvalue weighted by Crippen LogP contribution is 2.39. The quantitative estimate of drug-likeness (QED) is 0.865. The molecule has 0 saturated heterocycles. The molecule has 0 radical (unpaired) electrons. The van der Waals surface area contributed by atoms with Crippen LogP contribution in [0.5, 0.6) is 0 Å². The zero-order valence-electron chi connectivity index (χ0n) is 14.6. The second kappa shape index (κ2) is 6.94. The Balaban J connectivity index is 1.51.